The molecule has 0 spiro atoms. The average Bonchev–Trinajstić information content (AvgIpc) is 2.96. The molecule has 204 valence electrons. The lowest BCUT2D eigenvalue weighted by molar-refractivity contribution is -0.118. The minimum absolute atomic E-state index is 0.0278. The number of benzene rings is 2. The van der Waals surface area contributed by atoms with Crippen molar-refractivity contribution in [2.45, 2.75) is 63.2 Å². The Morgan fingerprint density at radius 2 is 1.05 bits per heavy atom. The van der Waals surface area contributed by atoms with Crippen LogP contribution in [0.4, 0.5) is 8.78 Å². The molecule has 0 bridgehead atoms. The molecule has 0 unspecified atom stereocenters. The molecule has 1 aliphatic rings. The highest BCUT2D eigenvalue weighted by Crippen LogP contribution is 2.39. The molecule has 0 aliphatic heterocycles. The van der Waals surface area contributed by atoms with Crippen LogP contribution < -0.4 is 0 Å². The van der Waals surface area contributed by atoms with E-state index in [9.17, 15) is 18.4 Å². The van der Waals surface area contributed by atoms with Crippen molar-refractivity contribution in [1.82, 2.24) is 20.4 Å². The molecule has 5 rings (SSSR count). The van der Waals surface area contributed by atoms with Gasteiger partial charge in [-0.3, -0.25) is 9.59 Å². The summed E-state index contributed by atoms with van der Waals surface area (Å²) < 4.78 is 27.7. The lowest BCUT2D eigenvalue weighted by Gasteiger charge is -2.28. The molecular weight excluding hydrogens is 510 g/mol. The third-order valence-corrected chi connectivity index (χ3v) is 7.44. The second-order valence-electron chi connectivity index (χ2n) is 10.4. The highest BCUT2D eigenvalue weighted by atomic mass is 19.1. The van der Waals surface area contributed by atoms with Gasteiger partial charge in [0.1, 0.15) is 23.2 Å². The fourth-order valence-electron chi connectivity index (χ4n) is 5.33. The van der Waals surface area contributed by atoms with Crippen molar-refractivity contribution < 1.29 is 18.4 Å². The van der Waals surface area contributed by atoms with Crippen LogP contribution in [0.1, 0.15) is 71.4 Å². The number of ketones is 2. The highest BCUT2D eigenvalue weighted by Gasteiger charge is 2.27. The van der Waals surface area contributed by atoms with Gasteiger partial charge in [0.15, 0.2) is 0 Å². The Kier molecular flexibility index (Phi) is 8.74. The van der Waals surface area contributed by atoms with Crippen molar-refractivity contribution in [2.75, 3.05) is 0 Å². The summed E-state index contributed by atoms with van der Waals surface area (Å²) in [5.74, 6) is -0.536. The molecule has 2 aromatic carbocycles. The van der Waals surface area contributed by atoms with E-state index in [-0.39, 0.29) is 60.7 Å². The Morgan fingerprint density at radius 1 is 0.600 bits per heavy atom. The summed E-state index contributed by atoms with van der Waals surface area (Å²) >= 11 is 0. The molecule has 6 nitrogen and oxygen atoms in total. The molecule has 2 heterocycles. The first-order valence-corrected chi connectivity index (χ1v) is 13.6. The van der Waals surface area contributed by atoms with Gasteiger partial charge < -0.3 is 0 Å². The lowest BCUT2D eigenvalue weighted by atomic mass is 9.78. The topological polar surface area (TPSA) is 85.7 Å². The monoisotopic (exact) mass is 540 g/mol. The predicted octanol–water partition coefficient (Wildman–Crippen LogP) is 5.69. The van der Waals surface area contributed by atoms with Crippen LogP contribution in [0.2, 0.25) is 0 Å². The third-order valence-electron chi connectivity index (χ3n) is 7.44. The highest BCUT2D eigenvalue weighted by molar-refractivity contribution is 5.83. The number of halogens is 2. The molecule has 2 aromatic heterocycles. The summed E-state index contributed by atoms with van der Waals surface area (Å²) in [6.07, 6.45) is 4.14. The first kappa shape index (κ1) is 27.4. The summed E-state index contributed by atoms with van der Waals surface area (Å²) in [6.45, 7) is 0. The molecule has 0 N–H and O–H groups in total. The maximum Gasteiger partial charge on any atom is 0.143 e. The molecule has 4 aromatic rings. The predicted molar refractivity (Wildman–Crippen MR) is 146 cm³/mol. The molecule has 8 heteroatoms. The van der Waals surface area contributed by atoms with Crippen molar-refractivity contribution in [3.63, 3.8) is 0 Å². The number of nitrogens with zero attached hydrogens (tertiary/aromatic N) is 4. The Balaban J connectivity index is 1.15. The van der Waals surface area contributed by atoms with Gasteiger partial charge in [-0.2, -0.15) is 20.4 Å². The quantitative estimate of drug-likeness (QED) is 0.257. The SMILES string of the molecule is O=C(Cc1ccc([C@H]2CCC[C@H](c3ccc(CC(=O)Cc4ccccc4F)nn3)C2)nn1)Cc1ccccc1F. The van der Waals surface area contributed by atoms with E-state index in [0.717, 1.165) is 37.1 Å². The minimum Gasteiger partial charge on any atom is -0.299 e. The number of aromatic nitrogens is 4. The van der Waals surface area contributed by atoms with Gasteiger partial charge in [0.05, 0.1) is 35.6 Å². The maximum atomic E-state index is 13.8. The minimum atomic E-state index is -0.378. The summed E-state index contributed by atoms with van der Waals surface area (Å²) in [4.78, 5) is 24.8. The maximum absolute atomic E-state index is 13.8. The average molecular weight is 541 g/mol. The molecule has 1 saturated carbocycles. The van der Waals surface area contributed by atoms with Crippen LogP contribution in [0.25, 0.3) is 0 Å². The number of hydrogen-bond acceptors (Lipinski definition) is 6. The van der Waals surface area contributed by atoms with Gasteiger partial charge >= 0.3 is 0 Å². The van der Waals surface area contributed by atoms with Crippen molar-refractivity contribution in [3.05, 3.63) is 118 Å². The standard InChI is InChI=1S/C32H30F2N4O2/c33-29-10-3-1-6-21(29)17-27(39)19-25-12-14-31(37-35-25)23-8-5-9-24(16-23)32-15-13-26(36-38-32)20-28(40)18-22-7-2-4-11-30(22)34/h1-4,6-7,10-15,23-24H,5,8-9,16-20H2/t23-,24-/m0/s1. The normalized spacial score (nSPS) is 16.9. The van der Waals surface area contributed by atoms with Gasteiger partial charge in [-0.25, -0.2) is 8.78 Å². The largest absolute Gasteiger partial charge is 0.299 e. The van der Waals surface area contributed by atoms with Crippen molar-refractivity contribution in [2.24, 2.45) is 0 Å². The van der Waals surface area contributed by atoms with E-state index < -0.39 is 0 Å². The Morgan fingerprint density at radius 3 is 1.45 bits per heavy atom. The van der Waals surface area contributed by atoms with Gasteiger partial charge in [0, 0.05) is 24.7 Å². The molecular formula is C32H30F2N4O2. The van der Waals surface area contributed by atoms with E-state index in [4.69, 9.17) is 0 Å². The fraction of sp³-hybridized carbons (Fsp3) is 0.312. The number of carbonyl (C=O) groups is 2. The van der Waals surface area contributed by atoms with E-state index in [1.54, 1.807) is 36.4 Å². The van der Waals surface area contributed by atoms with E-state index >= 15 is 0 Å². The molecule has 1 fully saturated rings. The third kappa shape index (κ3) is 7.05. The second-order valence-corrected chi connectivity index (χ2v) is 10.4. The Bertz CT molecular complexity index is 1360. The van der Waals surface area contributed by atoms with Crippen LogP contribution in [0.3, 0.4) is 0 Å². The van der Waals surface area contributed by atoms with E-state index in [1.807, 2.05) is 24.3 Å². The zero-order valence-corrected chi connectivity index (χ0v) is 22.1. The molecule has 1 aliphatic carbocycles. The number of carbonyl (C=O) groups excluding carboxylic acids is 2. The smallest absolute Gasteiger partial charge is 0.143 e. The Hall–Kier alpha value is -4.20. The summed E-state index contributed by atoms with van der Waals surface area (Å²) in [6, 6.07) is 20.1. The first-order valence-electron chi connectivity index (χ1n) is 13.6. The van der Waals surface area contributed by atoms with Gasteiger partial charge in [-0.15, -0.1) is 0 Å². The number of hydrogen-bond donors (Lipinski definition) is 0. The van der Waals surface area contributed by atoms with Crippen LogP contribution in [0.5, 0.6) is 0 Å². The zero-order chi connectivity index (χ0) is 27.9. The fourth-order valence-corrected chi connectivity index (χ4v) is 5.33. The van der Waals surface area contributed by atoms with E-state index in [0.29, 0.717) is 22.5 Å². The van der Waals surface area contributed by atoms with E-state index in [1.165, 1.54) is 12.1 Å². The summed E-state index contributed by atoms with van der Waals surface area (Å²) in [5.41, 5.74) is 3.69. The number of rotatable bonds is 10. The molecule has 0 saturated heterocycles. The van der Waals surface area contributed by atoms with Crippen LogP contribution in [0.15, 0.2) is 72.8 Å². The Labute approximate surface area is 231 Å². The van der Waals surface area contributed by atoms with Crippen LogP contribution in [0, 0.1) is 11.6 Å². The van der Waals surface area contributed by atoms with Crippen molar-refractivity contribution in [3.8, 4) is 0 Å². The second kappa shape index (κ2) is 12.8. The van der Waals surface area contributed by atoms with Gasteiger partial charge in [0.2, 0.25) is 0 Å². The van der Waals surface area contributed by atoms with E-state index in [2.05, 4.69) is 20.4 Å². The van der Waals surface area contributed by atoms with Crippen LogP contribution >= 0.6 is 0 Å². The molecule has 40 heavy (non-hydrogen) atoms. The summed E-state index contributed by atoms with van der Waals surface area (Å²) in [7, 11) is 0. The lowest BCUT2D eigenvalue weighted by Crippen LogP contribution is -2.17. The zero-order valence-electron chi connectivity index (χ0n) is 22.1. The number of Topliss-reactive ketones (excluding diaryl/α,β-unsaturated/α-hetero) is 2. The van der Waals surface area contributed by atoms with Gasteiger partial charge in [-0.05, 0) is 66.8 Å². The van der Waals surface area contributed by atoms with Crippen LogP contribution in [-0.2, 0) is 35.3 Å². The van der Waals surface area contributed by atoms with Gasteiger partial charge in [0.25, 0.3) is 0 Å². The molecule has 0 amide bonds. The molecule has 0 radical (unpaired) electrons. The van der Waals surface area contributed by atoms with Crippen molar-refractivity contribution >= 4 is 11.6 Å². The van der Waals surface area contributed by atoms with Gasteiger partial charge in [-0.1, -0.05) is 42.8 Å². The molecule has 2 atom stereocenters. The van der Waals surface area contributed by atoms with Crippen molar-refractivity contribution in [1.29, 1.82) is 0 Å². The van der Waals surface area contributed by atoms with Crippen LogP contribution in [-0.4, -0.2) is 32.0 Å². The summed E-state index contributed by atoms with van der Waals surface area (Å²) in [5, 5.41) is 17.4. The first-order chi connectivity index (χ1) is 19.4.